The lowest BCUT2D eigenvalue weighted by Gasteiger charge is -2.03. The van der Waals surface area contributed by atoms with Gasteiger partial charge in [-0.1, -0.05) is 36.9 Å². The van der Waals surface area contributed by atoms with Crippen LogP contribution in [-0.2, 0) is 4.74 Å². The zero-order valence-corrected chi connectivity index (χ0v) is 10.3. The summed E-state index contributed by atoms with van der Waals surface area (Å²) in [4.78, 5) is 4.32. The Morgan fingerprint density at radius 2 is 1.94 bits per heavy atom. The maximum absolute atomic E-state index is 5.16. The number of ether oxygens (including phenoxy) is 1. The van der Waals surface area contributed by atoms with Crippen LogP contribution in [0.3, 0.4) is 0 Å². The molecule has 88 valence electrons. The van der Waals surface area contributed by atoms with Crippen LogP contribution in [0.2, 0.25) is 0 Å². The lowest BCUT2D eigenvalue weighted by Crippen LogP contribution is -1.91. The molecule has 0 radical (unpaired) electrons. The van der Waals surface area contributed by atoms with Crippen molar-refractivity contribution in [3.63, 3.8) is 0 Å². The van der Waals surface area contributed by atoms with Crippen LogP contribution in [-0.4, -0.2) is 13.3 Å². The highest BCUT2D eigenvalue weighted by molar-refractivity contribution is 5.85. The van der Waals surface area contributed by atoms with E-state index < -0.39 is 0 Å². The van der Waals surface area contributed by atoms with Crippen LogP contribution in [0.4, 0.5) is 5.69 Å². The Hall–Kier alpha value is -2.09. The van der Waals surface area contributed by atoms with Gasteiger partial charge in [0.25, 0.3) is 0 Å². The van der Waals surface area contributed by atoms with E-state index in [1.165, 1.54) is 5.56 Å². The molecule has 0 aliphatic rings. The average molecular weight is 227 g/mol. The van der Waals surface area contributed by atoms with E-state index in [1.54, 1.807) is 25.5 Å². The fourth-order valence-electron chi connectivity index (χ4n) is 1.26. The van der Waals surface area contributed by atoms with Crippen LogP contribution in [0.15, 0.2) is 65.9 Å². The molecule has 0 atom stereocenters. The van der Waals surface area contributed by atoms with Gasteiger partial charge in [0.05, 0.1) is 12.8 Å². The van der Waals surface area contributed by atoms with E-state index in [0.29, 0.717) is 11.3 Å². The van der Waals surface area contributed by atoms with Crippen LogP contribution < -0.4 is 0 Å². The van der Waals surface area contributed by atoms with Crippen molar-refractivity contribution in [2.75, 3.05) is 7.11 Å². The van der Waals surface area contributed by atoms with Crippen LogP contribution >= 0.6 is 0 Å². The summed E-state index contributed by atoms with van der Waals surface area (Å²) in [5.74, 6) is 0.663. The Bertz CT molecular complexity index is 452. The molecular weight excluding hydrogens is 210 g/mol. The molecule has 0 aromatic heterocycles. The van der Waals surface area contributed by atoms with Gasteiger partial charge in [0.15, 0.2) is 0 Å². The topological polar surface area (TPSA) is 21.6 Å². The van der Waals surface area contributed by atoms with Crippen molar-refractivity contribution in [1.29, 1.82) is 0 Å². The molecule has 0 aliphatic heterocycles. The summed E-state index contributed by atoms with van der Waals surface area (Å²) in [6.07, 6.45) is 5.09. The van der Waals surface area contributed by atoms with E-state index in [1.807, 2.05) is 31.2 Å². The van der Waals surface area contributed by atoms with Gasteiger partial charge in [-0.3, -0.25) is 4.99 Å². The van der Waals surface area contributed by atoms with Crippen LogP contribution in [0.25, 0.3) is 0 Å². The smallest absolute Gasteiger partial charge is 0.127 e. The number of aryl methyl sites for hydroxylation is 1. The molecule has 0 aliphatic carbocycles. The molecule has 0 saturated heterocycles. The summed E-state index contributed by atoms with van der Waals surface area (Å²) in [6.45, 7) is 9.55. The summed E-state index contributed by atoms with van der Waals surface area (Å²) in [7, 11) is 1.60. The highest BCUT2D eigenvalue weighted by atomic mass is 16.5. The monoisotopic (exact) mass is 227 g/mol. The zero-order valence-electron chi connectivity index (χ0n) is 10.3. The van der Waals surface area contributed by atoms with Crippen molar-refractivity contribution < 1.29 is 4.74 Å². The molecule has 0 spiro atoms. The first-order chi connectivity index (χ1) is 8.17. The highest BCUT2D eigenvalue weighted by Gasteiger charge is 1.97. The third kappa shape index (κ3) is 4.11. The Kier molecular flexibility index (Phi) is 4.95. The van der Waals surface area contributed by atoms with Gasteiger partial charge in [-0.25, -0.2) is 0 Å². The van der Waals surface area contributed by atoms with Crippen molar-refractivity contribution in [1.82, 2.24) is 0 Å². The Balaban J connectivity index is 2.77. The summed E-state index contributed by atoms with van der Waals surface area (Å²) in [5, 5.41) is 0. The fraction of sp³-hybridized carbons (Fsp3) is 0.133. The maximum atomic E-state index is 5.16. The number of methoxy groups -OCH3 is 1. The number of rotatable bonds is 5. The molecule has 2 heteroatoms. The minimum Gasteiger partial charge on any atom is -0.496 e. The van der Waals surface area contributed by atoms with Crippen LogP contribution in [0, 0.1) is 6.92 Å². The van der Waals surface area contributed by atoms with Crippen LogP contribution in [0.5, 0.6) is 0 Å². The van der Waals surface area contributed by atoms with E-state index in [-0.39, 0.29) is 0 Å². The molecule has 0 heterocycles. The number of allylic oxidation sites excluding steroid dienone is 3. The highest BCUT2D eigenvalue weighted by Crippen LogP contribution is 2.14. The van der Waals surface area contributed by atoms with E-state index >= 15 is 0 Å². The summed E-state index contributed by atoms with van der Waals surface area (Å²) in [5.41, 5.74) is 2.82. The second-order valence-corrected chi connectivity index (χ2v) is 3.59. The van der Waals surface area contributed by atoms with Crippen molar-refractivity contribution in [2.45, 2.75) is 6.92 Å². The van der Waals surface area contributed by atoms with Gasteiger partial charge in [-0.05, 0) is 25.1 Å². The molecule has 0 amide bonds. The van der Waals surface area contributed by atoms with Gasteiger partial charge >= 0.3 is 0 Å². The van der Waals surface area contributed by atoms with Gasteiger partial charge in [-0.2, -0.15) is 0 Å². The predicted octanol–water partition coefficient (Wildman–Crippen LogP) is 3.97. The number of nitrogens with zero attached hydrogens (tertiary/aromatic N) is 1. The molecule has 1 aromatic rings. The van der Waals surface area contributed by atoms with Crippen molar-refractivity contribution >= 4 is 11.9 Å². The molecule has 0 bridgehead atoms. The predicted molar refractivity (Wildman–Crippen MR) is 73.8 cm³/mol. The van der Waals surface area contributed by atoms with Gasteiger partial charge in [0, 0.05) is 11.8 Å². The molecule has 1 aromatic carbocycles. The minimum absolute atomic E-state index is 0.663. The van der Waals surface area contributed by atoms with Crippen LogP contribution in [0.1, 0.15) is 5.56 Å². The average Bonchev–Trinajstić information content (AvgIpc) is 2.35. The second-order valence-electron chi connectivity index (χ2n) is 3.59. The minimum atomic E-state index is 0.663. The number of aliphatic imine (C=N–C) groups is 1. The molecule has 0 N–H and O–H groups in total. The quantitative estimate of drug-likeness (QED) is 0.423. The number of hydrogen-bond acceptors (Lipinski definition) is 2. The molecule has 0 saturated carbocycles. The lowest BCUT2D eigenvalue weighted by atomic mass is 10.2. The Morgan fingerprint density at radius 1 is 1.29 bits per heavy atom. The third-order valence-corrected chi connectivity index (χ3v) is 2.21. The van der Waals surface area contributed by atoms with Gasteiger partial charge in [0.2, 0.25) is 0 Å². The maximum Gasteiger partial charge on any atom is 0.127 e. The Morgan fingerprint density at radius 3 is 2.47 bits per heavy atom. The SMILES string of the molecule is C=C/C=C(/OC)C(=C)C=Nc1ccc(C)cc1. The molecule has 17 heavy (non-hydrogen) atoms. The molecular formula is C15H17NO. The van der Waals surface area contributed by atoms with Crippen molar-refractivity contribution in [2.24, 2.45) is 4.99 Å². The largest absolute Gasteiger partial charge is 0.496 e. The first-order valence-electron chi connectivity index (χ1n) is 5.34. The van der Waals surface area contributed by atoms with E-state index in [0.717, 1.165) is 5.69 Å². The molecule has 2 nitrogen and oxygen atoms in total. The van der Waals surface area contributed by atoms with Gasteiger partial charge in [0.1, 0.15) is 5.76 Å². The normalized spacial score (nSPS) is 11.5. The summed E-state index contributed by atoms with van der Waals surface area (Å²) >= 11 is 0. The summed E-state index contributed by atoms with van der Waals surface area (Å²) in [6, 6.07) is 7.96. The first-order valence-corrected chi connectivity index (χ1v) is 5.34. The van der Waals surface area contributed by atoms with E-state index in [9.17, 15) is 0 Å². The molecule has 1 rings (SSSR count). The third-order valence-electron chi connectivity index (χ3n) is 2.21. The lowest BCUT2D eigenvalue weighted by molar-refractivity contribution is 0.304. The molecule has 0 unspecified atom stereocenters. The fourth-order valence-corrected chi connectivity index (χ4v) is 1.26. The van der Waals surface area contributed by atoms with Gasteiger partial charge in [-0.15, -0.1) is 0 Å². The van der Waals surface area contributed by atoms with Crippen molar-refractivity contribution in [3.8, 4) is 0 Å². The first kappa shape index (κ1) is 13.0. The molecule has 0 fully saturated rings. The zero-order chi connectivity index (χ0) is 12.7. The van der Waals surface area contributed by atoms with E-state index in [4.69, 9.17) is 4.74 Å². The number of benzene rings is 1. The van der Waals surface area contributed by atoms with Crippen molar-refractivity contribution in [3.05, 3.63) is 66.5 Å². The number of hydrogen-bond donors (Lipinski definition) is 0. The van der Waals surface area contributed by atoms with E-state index in [2.05, 4.69) is 18.2 Å². The standard InChI is InChI=1S/C15H17NO/c1-5-6-15(17-4)13(3)11-16-14-9-7-12(2)8-10-14/h5-11H,1,3H2,2,4H3/b15-6+,16-11?. The second kappa shape index (κ2) is 6.48. The Labute approximate surface area is 103 Å². The summed E-state index contributed by atoms with van der Waals surface area (Å²) < 4.78 is 5.16. The van der Waals surface area contributed by atoms with Gasteiger partial charge < -0.3 is 4.74 Å².